The fourth-order valence-corrected chi connectivity index (χ4v) is 4.16. The second-order valence-electron chi connectivity index (χ2n) is 7.30. The predicted molar refractivity (Wildman–Crippen MR) is 118 cm³/mol. The molecule has 6 heteroatoms. The normalized spacial score (nSPS) is 15.1. The van der Waals surface area contributed by atoms with Crippen LogP contribution >= 0.6 is 11.8 Å². The van der Waals surface area contributed by atoms with Gasteiger partial charge in [-0.15, -0.1) is 11.8 Å². The van der Waals surface area contributed by atoms with Crippen LogP contribution in [-0.2, 0) is 11.3 Å². The molecule has 0 aromatic heterocycles. The lowest BCUT2D eigenvalue weighted by Crippen LogP contribution is -2.39. The molecule has 2 aromatic rings. The van der Waals surface area contributed by atoms with Crippen LogP contribution in [0, 0.1) is 5.92 Å². The summed E-state index contributed by atoms with van der Waals surface area (Å²) < 4.78 is 10.6. The van der Waals surface area contributed by atoms with Gasteiger partial charge in [0.1, 0.15) is 11.5 Å². The van der Waals surface area contributed by atoms with E-state index >= 15 is 0 Å². The largest absolute Gasteiger partial charge is 0.497 e. The van der Waals surface area contributed by atoms with E-state index in [1.807, 2.05) is 23.9 Å². The average Bonchev–Trinajstić information content (AvgIpc) is 2.78. The zero-order valence-corrected chi connectivity index (χ0v) is 18.0. The van der Waals surface area contributed by atoms with Crippen LogP contribution in [0.25, 0.3) is 0 Å². The molecule has 1 fully saturated rings. The third kappa shape index (κ3) is 6.68. The fourth-order valence-electron chi connectivity index (χ4n) is 3.55. The molecule has 0 unspecified atom stereocenters. The van der Waals surface area contributed by atoms with Crippen molar-refractivity contribution in [1.29, 1.82) is 0 Å². The van der Waals surface area contributed by atoms with Crippen LogP contribution in [0.15, 0.2) is 53.4 Å². The van der Waals surface area contributed by atoms with Gasteiger partial charge in [0, 0.05) is 18.0 Å². The molecule has 0 spiro atoms. The summed E-state index contributed by atoms with van der Waals surface area (Å²) in [5, 5.41) is 3.02. The lowest BCUT2D eigenvalue weighted by Gasteiger charge is -2.32. The number of carbonyl (C=O) groups excluding carboxylic acids is 1. The van der Waals surface area contributed by atoms with Crippen molar-refractivity contribution >= 4 is 17.7 Å². The molecule has 0 saturated carbocycles. The van der Waals surface area contributed by atoms with Crippen molar-refractivity contribution in [2.75, 3.05) is 39.6 Å². The van der Waals surface area contributed by atoms with Crippen molar-refractivity contribution in [3.8, 4) is 11.5 Å². The highest BCUT2D eigenvalue weighted by atomic mass is 32.2. The molecular formula is C23H30N2O3S. The molecule has 1 aliphatic rings. The number of likely N-dealkylation sites (tertiary alicyclic amines) is 1. The Bertz CT molecular complexity index is 774. The van der Waals surface area contributed by atoms with E-state index in [-0.39, 0.29) is 12.5 Å². The van der Waals surface area contributed by atoms with Crippen molar-refractivity contribution in [3.05, 3.63) is 54.1 Å². The van der Waals surface area contributed by atoms with Crippen LogP contribution in [0.3, 0.4) is 0 Å². The van der Waals surface area contributed by atoms with Crippen LogP contribution < -0.4 is 14.8 Å². The first-order valence-corrected chi connectivity index (χ1v) is 11.3. The van der Waals surface area contributed by atoms with Crippen molar-refractivity contribution < 1.29 is 14.3 Å². The lowest BCUT2D eigenvalue weighted by molar-refractivity contribution is -0.123. The number of thioether (sulfide) groups is 1. The third-order valence-electron chi connectivity index (χ3n) is 5.31. The number of methoxy groups -OCH3 is 1. The number of nitrogens with zero attached hydrogens (tertiary/aromatic N) is 1. The fraction of sp³-hybridized carbons (Fsp3) is 0.435. The second-order valence-corrected chi connectivity index (χ2v) is 8.15. The maximum absolute atomic E-state index is 12.1. The number of hydrogen-bond donors (Lipinski definition) is 1. The van der Waals surface area contributed by atoms with Crippen molar-refractivity contribution in [3.63, 3.8) is 0 Å². The first kappa shape index (κ1) is 21.5. The molecule has 1 N–H and O–H groups in total. The molecule has 3 rings (SSSR count). The predicted octanol–water partition coefficient (Wildman–Crippen LogP) is 3.82. The summed E-state index contributed by atoms with van der Waals surface area (Å²) in [7, 11) is 1.62. The maximum Gasteiger partial charge on any atom is 0.257 e. The molecule has 1 aliphatic heterocycles. The van der Waals surface area contributed by atoms with E-state index in [9.17, 15) is 4.79 Å². The average molecular weight is 415 g/mol. The molecule has 0 radical (unpaired) electrons. The van der Waals surface area contributed by atoms with Gasteiger partial charge in [0.25, 0.3) is 5.91 Å². The quantitative estimate of drug-likeness (QED) is 0.632. The van der Waals surface area contributed by atoms with Crippen molar-refractivity contribution in [2.45, 2.75) is 24.3 Å². The second kappa shape index (κ2) is 11.1. The van der Waals surface area contributed by atoms with Crippen LogP contribution in [0.5, 0.6) is 11.5 Å². The summed E-state index contributed by atoms with van der Waals surface area (Å²) in [6, 6.07) is 15.9. The summed E-state index contributed by atoms with van der Waals surface area (Å²) >= 11 is 1.81. The SMILES string of the molecule is COc1ccc(OCC(=O)NCC2CCN(Cc3ccccc3SC)CC2)cc1. The molecule has 1 heterocycles. The van der Waals surface area contributed by atoms with Gasteiger partial charge in [0.15, 0.2) is 6.61 Å². The number of ether oxygens (including phenoxy) is 2. The molecule has 1 saturated heterocycles. The Morgan fingerprint density at radius 3 is 2.48 bits per heavy atom. The number of amides is 1. The van der Waals surface area contributed by atoms with Gasteiger partial charge in [-0.2, -0.15) is 0 Å². The van der Waals surface area contributed by atoms with Gasteiger partial charge in [-0.3, -0.25) is 9.69 Å². The Morgan fingerprint density at radius 1 is 1.10 bits per heavy atom. The minimum Gasteiger partial charge on any atom is -0.497 e. The molecule has 1 amide bonds. The van der Waals surface area contributed by atoms with E-state index in [0.717, 1.165) is 44.8 Å². The highest BCUT2D eigenvalue weighted by Gasteiger charge is 2.20. The number of carbonyl (C=O) groups is 1. The number of rotatable bonds is 9. The van der Waals surface area contributed by atoms with Crippen molar-refractivity contribution in [2.24, 2.45) is 5.92 Å². The van der Waals surface area contributed by atoms with Crippen LogP contribution in [0.4, 0.5) is 0 Å². The van der Waals surface area contributed by atoms with E-state index in [1.165, 1.54) is 10.5 Å². The first-order chi connectivity index (χ1) is 14.2. The Labute approximate surface area is 177 Å². The van der Waals surface area contributed by atoms with Crippen molar-refractivity contribution in [1.82, 2.24) is 10.2 Å². The summed E-state index contributed by atoms with van der Waals surface area (Å²) in [5.74, 6) is 1.90. The molecule has 0 atom stereocenters. The number of hydrogen-bond acceptors (Lipinski definition) is 5. The van der Waals surface area contributed by atoms with E-state index in [0.29, 0.717) is 11.7 Å². The standard InChI is InChI=1S/C23H30N2O3S/c1-27-20-7-9-21(10-8-20)28-17-23(26)24-15-18-11-13-25(14-12-18)16-19-5-3-4-6-22(19)29-2/h3-10,18H,11-17H2,1-2H3,(H,24,26). The van der Waals surface area contributed by atoms with Gasteiger partial charge < -0.3 is 14.8 Å². The minimum absolute atomic E-state index is 0.0383. The number of nitrogens with one attached hydrogen (secondary N) is 1. The van der Waals surface area contributed by atoms with Gasteiger partial charge in [0.2, 0.25) is 0 Å². The zero-order chi connectivity index (χ0) is 20.5. The highest BCUT2D eigenvalue weighted by Crippen LogP contribution is 2.24. The highest BCUT2D eigenvalue weighted by molar-refractivity contribution is 7.98. The van der Waals surface area contributed by atoms with Gasteiger partial charge in [-0.05, 0) is 74.0 Å². The molecule has 0 bridgehead atoms. The van der Waals surface area contributed by atoms with Gasteiger partial charge in [0.05, 0.1) is 7.11 Å². The Balaban J connectivity index is 1.34. The van der Waals surface area contributed by atoms with Gasteiger partial charge in [-0.1, -0.05) is 18.2 Å². The Hall–Kier alpha value is -2.18. The molecular weight excluding hydrogens is 384 g/mol. The Kier molecular flexibility index (Phi) is 8.25. The monoisotopic (exact) mass is 414 g/mol. The van der Waals surface area contributed by atoms with E-state index in [1.54, 1.807) is 19.2 Å². The topological polar surface area (TPSA) is 50.8 Å². The smallest absolute Gasteiger partial charge is 0.257 e. The zero-order valence-electron chi connectivity index (χ0n) is 17.2. The van der Waals surface area contributed by atoms with Gasteiger partial charge >= 0.3 is 0 Å². The molecule has 0 aliphatic carbocycles. The lowest BCUT2D eigenvalue weighted by atomic mass is 9.96. The number of benzene rings is 2. The first-order valence-electron chi connectivity index (χ1n) is 10.1. The van der Waals surface area contributed by atoms with E-state index in [2.05, 4.69) is 40.7 Å². The summed E-state index contributed by atoms with van der Waals surface area (Å²) in [6.07, 6.45) is 4.36. The van der Waals surface area contributed by atoms with Crippen LogP contribution in [0.1, 0.15) is 18.4 Å². The third-order valence-corrected chi connectivity index (χ3v) is 6.15. The number of piperidine rings is 1. The molecule has 5 nitrogen and oxygen atoms in total. The van der Waals surface area contributed by atoms with E-state index in [4.69, 9.17) is 9.47 Å². The molecule has 156 valence electrons. The minimum atomic E-state index is -0.0721. The van der Waals surface area contributed by atoms with Crippen LogP contribution in [-0.4, -0.2) is 50.4 Å². The molecule has 2 aromatic carbocycles. The van der Waals surface area contributed by atoms with Crippen LogP contribution in [0.2, 0.25) is 0 Å². The summed E-state index contributed by atoms with van der Waals surface area (Å²) in [6.45, 7) is 3.92. The maximum atomic E-state index is 12.1. The molecule has 29 heavy (non-hydrogen) atoms. The summed E-state index contributed by atoms with van der Waals surface area (Å²) in [4.78, 5) is 16.0. The van der Waals surface area contributed by atoms with Gasteiger partial charge in [-0.25, -0.2) is 0 Å². The Morgan fingerprint density at radius 2 is 1.79 bits per heavy atom. The summed E-state index contributed by atoms with van der Waals surface area (Å²) in [5.41, 5.74) is 1.41. The van der Waals surface area contributed by atoms with E-state index < -0.39 is 0 Å².